The minimum atomic E-state index is 0.0424. The van der Waals surface area contributed by atoms with Crippen LogP contribution in [0.25, 0.3) is 5.65 Å². The van der Waals surface area contributed by atoms with E-state index in [1.54, 1.807) is 0 Å². The molecule has 0 spiro atoms. The van der Waals surface area contributed by atoms with E-state index in [0.29, 0.717) is 0 Å². The van der Waals surface area contributed by atoms with Crippen LogP contribution in [0.1, 0.15) is 26.6 Å². The van der Waals surface area contributed by atoms with Gasteiger partial charge >= 0.3 is 0 Å². The minimum Gasteiger partial charge on any atom is -0.286 e. The highest BCUT2D eigenvalue weighted by Crippen LogP contribution is 2.20. The van der Waals surface area contributed by atoms with Crippen molar-refractivity contribution >= 4 is 5.65 Å². The van der Waals surface area contributed by atoms with Crippen LogP contribution in [0.15, 0.2) is 24.4 Å². The Bertz CT molecular complexity index is 423. The average molecular weight is 175 g/mol. The lowest BCUT2D eigenvalue weighted by Gasteiger charge is -2.15. The van der Waals surface area contributed by atoms with Crippen molar-refractivity contribution in [1.82, 2.24) is 14.6 Å². The Morgan fingerprint density at radius 1 is 1.15 bits per heavy atom. The largest absolute Gasteiger partial charge is 0.286 e. The molecule has 0 unspecified atom stereocenters. The Labute approximate surface area is 77.4 Å². The summed E-state index contributed by atoms with van der Waals surface area (Å²) in [5.41, 5.74) is 0.952. The minimum absolute atomic E-state index is 0.0424. The molecule has 2 heterocycles. The van der Waals surface area contributed by atoms with Gasteiger partial charge in [0, 0.05) is 11.6 Å². The van der Waals surface area contributed by atoms with Crippen molar-refractivity contribution < 1.29 is 0 Å². The van der Waals surface area contributed by atoms with Gasteiger partial charge in [-0.1, -0.05) is 26.8 Å². The molecule has 0 aromatic carbocycles. The maximum absolute atomic E-state index is 4.18. The molecule has 0 aliphatic heterocycles. The van der Waals surface area contributed by atoms with Crippen LogP contribution in [0.4, 0.5) is 0 Å². The first kappa shape index (κ1) is 8.23. The van der Waals surface area contributed by atoms with E-state index in [9.17, 15) is 0 Å². The SMILES string of the molecule is CC(C)(C)c1nnc2ccccn12. The zero-order chi connectivity index (χ0) is 9.47. The molecule has 0 saturated carbocycles. The van der Waals surface area contributed by atoms with Crippen molar-refractivity contribution in [3.8, 4) is 0 Å². The maximum atomic E-state index is 4.18. The number of hydrogen-bond donors (Lipinski definition) is 0. The van der Waals surface area contributed by atoms with Crippen LogP contribution >= 0.6 is 0 Å². The van der Waals surface area contributed by atoms with Gasteiger partial charge in [-0.25, -0.2) is 0 Å². The molecule has 0 N–H and O–H groups in total. The van der Waals surface area contributed by atoms with Crippen LogP contribution < -0.4 is 0 Å². The highest BCUT2D eigenvalue weighted by molar-refractivity contribution is 5.38. The second-order valence-corrected chi connectivity index (χ2v) is 4.20. The molecule has 0 aliphatic carbocycles. The van der Waals surface area contributed by atoms with E-state index in [0.717, 1.165) is 11.5 Å². The summed E-state index contributed by atoms with van der Waals surface area (Å²) in [4.78, 5) is 0. The molecular formula is C10H13N3. The summed E-state index contributed by atoms with van der Waals surface area (Å²) in [7, 11) is 0. The molecule has 13 heavy (non-hydrogen) atoms. The van der Waals surface area contributed by atoms with E-state index in [1.807, 2.05) is 28.8 Å². The normalized spacial score (nSPS) is 12.2. The van der Waals surface area contributed by atoms with E-state index >= 15 is 0 Å². The molecule has 0 fully saturated rings. The van der Waals surface area contributed by atoms with Crippen molar-refractivity contribution in [2.24, 2.45) is 0 Å². The molecule has 0 radical (unpaired) electrons. The summed E-state index contributed by atoms with van der Waals surface area (Å²) in [6.45, 7) is 6.41. The van der Waals surface area contributed by atoms with Gasteiger partial charge in [0.15, 0.2) is 5.65 Å². The third-order valence-corrected chi connectivity index (χ3v) is 1.98. The fourth-order valence-corrected chi connectivity index (χ4v) is 1.35. The van der Waals surface area contributed by atoms with Gasteiger partial charge in [-0.15, -0.1) is 10.2 Å². The Kier molecular flexibility index (Phi) is 1.62. The molecule has 3 nitrogen and oxygen atoms in total. The average Bonchev–Trinajstić information content (AvgIpc) is 2.45. The van der Waals surface area contributed by atoms with Crippen molar-refractivity contribution in [2.45, 2.75) is 26.2 Å². The van der Waals surface area contributed by atoms with Crippen molar-refractivity contribution in [3.05, 3.63) is 30.2 Å². The van der Waals surface area contributed by atoms with Crippen molar-refractivity contribution in [3.63, 3.8) is 0 Å². The van der Waals surface area contributed by atoms with E-state index in [4.69, 9.17) is 0 Å². The Balaban J connectivity index is 2.72. The fraction of sp³-hybridized carbons (Fsp3) is 0.400. The molecule has 0 aliphatic rings. The number of fused-ring (bicyclic) bond motifs is 1. The van der Waals surface area contributed by atoms with Gasteiger partial charge in [0.2, 0.25) is 0 Å². The number of aromatic nitrogens is 3. The van der Waals surface area contributed by atoms with E-state index in [-0.39, 0.29) is 5.41 Å². The molecule has 0 bridgehead atoms. The van der Waals surface area contributed by atoms with Gasteiger partial charge < -0.3 is 0 Å². The second kappa shape index (κ2) is 2.55. The molecule has 0 saturated heterocycles. The zero-order valence-corrected chi connectivity index (χ0v) is 8.15. The molecule has 3 heteroatoms. The first-order valence-corrected chi connectivity index (χ1v) is 4.39. The predicted molar refractivity (Wildman–Crippen MR) is 51.7 cm³/mol. The first-order valence-electron chi connectivity index (χ1n) is 4.39. The molecule has 2 rings (SSSR count). The molecule has 68 valence electrons. The van der Waals surface area contributed by atoms with Crippen LogP contribution in [0, 0.1) is 0 Å². The number of hydrogen-bond acceptors (Lipinski definition) is 2. The van der Waals surface area contributed by atoms with Crippen molar-refractivity contribution in [2.75, 3.05) is 0 Å². The fourth-order valence-electron chi connectivity index (χ4n) is 1.35. The quantitative estimate of drug-likeness (QED) is 0.613. The van der Waals surface area contributed by atoms with Crippen LogP contribution in [-0.4, -0.2) is 14.6 Å². The van der Waals surface area contributed by atoms with Crippen LogP contribution in [0.3, 0.4) is 0 Å². The molecule has 2 aromatic heterocycles. The van der Waals surface area contributed by atoms with Gasteiger partial charge in [-0.3, -0.25) is 4.40 Å². The van der Waals surface area contributed by atoms with Gasteiger partial charge in [0.1, 0.15) is 5.82 Å². The lowest BCUT2D eigenvalue weighted by Crippen LogP contribution is -2.15. The summed E-state index contributed by atoms with van der Waals surface area (Å²) in [5.74, 6) is 1.00. The molecular weight excluding hydrogens is 162 g/mol. The highest BCUT2D eigenvalue weighted by Gasteiger charge is 2.19. The van der Waals surface area contributed by atoms with Gasteiger partial charge in [-0.05, 0) is 12.1 Å². The summed E-state index contributed by atoms with van der Waals surface area (Å²) in [6, 6.07) is 5.92. The van der Waals surface area contributed by atoms with Gasteiger partial charge in [0.05, 0.1) is 0 Å². The molecule has 0 atom stereocenters. The smallest absolute Gasteiger partial charge is 0.160 e. The van der Waals surface area contributed by atoms with Crippen LogP contribution in [0.5, 0.6) is 0 Å². The monoisotopic (exact) mass is 175 g/mol. The lowest BCUT2D eigenvalue weighted by molar-refractivity contribution is 0.539. The standard InChI is InChI=1S/C10H13N3/c1-10(2,3)9-12-11-8-6-4-5-7-13(8)9/h4-7H,1-3H3. The Morgan fingerprint density at radius 2 is 1.92 bits per heavy atom. The maximum Gasteiger partial charge on any atom is 0.160 e. The topological polar surface area (TPSA) is 30.2 Å². The van der Waals surface area contributed by atoms with Crippen molar-refractivity contribution in [1.29, 1.82) is 0 Å². The van der Waals surface area contributed by atoms with E-state index < -0.39 is 0 Å². The second-order valence-electron chi connectivity index (χ2n) is 4.20. The summed E-state index contributed by atoms with van der Waals surface area (Å²) < 4.78 is 2.03. The molecule has 2 aromatic rings. The van der Waals surface area contributed by atoms with Crippen LogP contribution in [-0.2, 0) is 5.41 Å². The summed E-state index contributed by atoms with van der Waals surface area (Å²) in [5, 5.41) is 8.28. The Morgan fingerprint density at radius 3 is 2.62 bits per heavy atom. The van der Waals surface area contributed by atoms with Gasteiger partial charge in [-0.2, -0.15) is 0 Å². The van der Waals surface area contributed by atoms with Crippen LogP contribution in [0.2, 0.25) is 0 Å². The predicted octanol–water partition coefficient (Wildman–Crippen LogP) is 2.03. The molecule has 0 amide bonds. The third-order valence-electron chi connectivity index (χ3n) is 1.98. The number of nitrogens with zero attached hydrogens (tertiary/aromatic N) is 3. The van der Waals surface area contributed by atoms with E-state index in [2.05, 4.69) is 31.0 Å². The zero-order valence-electron chi connectivity index (χ0n) is 8.15. The lowest BCUT2D eigenvalue weighted by atomic mass is 9.96. The first-order chi connectivity index (χ1) is 6.09. The van der Waals surface area contributed by atoms with E-state index in [1.165, 1.54) is 0 Å². The number of rotatable bonds is 0. The summed E-state index contributed by atoms with van der Waals surface area (Å²) in [6.07, 6.45) is 2.00. The highest BCUT2D eigenvalue weighted by atomic mass is 15.2. The summed E-state index contributed by atoms with van der Waals surface area (Å²) >= 11 is 0. The third kappa shape index (κ3) is 1.30. The number of pyridine rings is 1. The Hall–Kier alpha value is -1.38. The van der Waals surface area contributed by atoms with Gasteiger partial charge in [0.25, 0.3) is 0 Å².